The van der Waals surface area contributed by atoms with Gasteiger partial charge in [0.15, 0.2) is 5.78 Å². The third-order valence-corrected chi connectivity index (χ3v) is 6.72. The predicted octanol–water partition coefficient (Wildman–Crippen LogP) is 4.03. The number of benzene rings is 1. The number of pyridine rings is 1. The number of nitrogens with zero attached hydrogens (tertiary/aromatic N) is 3. The quantitative estimate of drug-likeness (QED) is 0.551. The van der Waals surface area contributed by atoms with E-state index in [1.165, 1.54) is 18.2 Å². The van der Waals surface area contributed by atoms with Crippen LogP contribution in [0.4, 0.5) is 22.4 Å². The highest BCUT2D eigenvalue weighted by molar-refractivity contribution is 5.81. The predicted molar refractivity (Wildman–Crippen MR) is 120 cm³/mol. The van der Waals surface area contributed by atoms with E-state index in [1.807, 2.05) is 0 Å². The number of ketones is 1. The Kier molecular flexibility index (Phi) is 7.04. The molecular formula is C25H25F4N3O5. The van der Waals surface area contributed by atoms with Crippen LogP contribution in [0, 0.1) is 11.7 Å². The van der Waals surface area contributed by atoms with Gasteiger partial charge in [-0.05, 0) is 42.8 Å². The van der Waals surface area contributed by atoms with E-state index in [0.29, 0.717) is 39.0 Å². The minimum absolute atomic E-state index is 0.0128. The molecule has 2 aromatic rings. The molecule has 0 saturated carbocycles. The number of alkyl halides is 3. The normalized spacial score (nSPS) is 22.4. The molecule has 3 fully saturated rings. The Labute approximate surface area is 210 Å². The van der Waals surface area contributed by atoms with Crippen LogP contribution >= 0.6 is 0 Å². The summed E-state index contributed by atoms with van der Waals surface area (Å²) >= 11 is 0. The maximum absolute atomic E-state index is 13.4. The number of ether oxygens (including phenoxy) is 3. The van der Waals surface area contributed by atoms with Crippen molar-refractivity contribution in [3.05, 3.63) is 53.5 Å². The van der Waals surface area contributed by atoms with Crippen molar-refractivity contribution < 1.29 is 41.4 Å². The van der Waals surface area contributed by atoms with E-state index >= 15 is 0 Å². The molecule has 3 saturated heterocycles. The van der Waals surface area contributed by atoms with Crippen molar-refractivity contribution in [1.29, 1.82) is 0 Å². The summed E-state index contributed by atoms with van der Waals surface area (Å²) in [6, 6.07) is 6.51. The van der Waals surface area contributed by atoms with Crippen LogP contribution in [0.25, 0.3) is 0 Å². The summed E-state index contributed by atoms with van der Waals surface area (Å²) in [5.74, 6) is -1.12. The second-order valence-electron chi connectivity index (χ2n) is 9.42. The number of Topliss-reactive ketones (excluding diaryl/α,β-unsaturated/α-hetero) is 1. The number of amides is 2. The number of rotatable bonds is 5. The van der Waals surface area contributed by atoms with Gasteiger partial charge in [0.2, 0.25) is 5.88 Å². The van der Waals surface area contributed by atoms with Crippen molar-refractivity contribution in [2.75, 3.05) is 32.8 Å². The second-order valence-corrected chi connectivity index (χ2v) is 9.42. The van der Waals surface area contributed by atoms with Crippen LogP contribution in [-0.4, -0.2) is 71.6 Å². The maximum atomic E-state index is 13.4. The fraction of sp³-hybridized carbons (Fsp3) is 0.480. The Balaban J connectivity index is 1.15. The zero-order chi connectivity index (χ0) is 26.2. The van der Waals surface area contributed by atoms with Gasteiger partial charge in [-0.2, -0.15) is 13.2 Å². The van der Waals surface area contributed by atoms with Crippen molar-refractivity contribution in [2.45, 2.75) is 37.8 Å². The number of hydrogen-bond acceptors (Lipinski definition) is 6. The molecule has 0 aliphatic carbocycles. The summed E-state index contributed by atoms with van der Waals surface area (Å²) in [5.41, 5.74) is -0.839. The van der Waals surface area contributed by atoms with E-state index in [4.69, 9.17) is 14.2 Å². The molecule has 3 aliphatic heterocycles. The Morgan fingerprint density at radius 2 is 1.84 bits per heavy atom. The molecule has 0 bridgehead atoms. The zero-order valence-corrected chi connectivity index (χ0v) is 19.7. The standard InChI is InChI=1S/C25H25F4N3O5/c26-16-1-4-19(5-2-16)37-23-21(25(27,28)29)6-3-17(30-23)13-35-20-11-32(12-20)24(34)31-8-7-22-15(10-31)9-18(33)14-36-22/h1-6,15,20,22H,7-14H2/t15-,22+/m1/s1. The highest BCUT2D eigenvalue weighted by atomic mass is 19.4. The van der Waals surface area contributed by atoms with Crippen LogP contribution < -0.4 is 4.74 Å². The smallest absolute Gasteiger partial charge is 0.421 e. The number of hydrogen-bond donors (Lipinski definition) is 0. The van der Waals surface area contributed by atoms with E-state index in [2.05, 4.69) is 4.98 Å². The molecule has 4 heterocycles. The molecule has 1 aromatic carbocycles. The van der Waals surface area contributed by atoms with Gasteiger partial charge in [-0.1, -0.05) is 0 Å². The molecule has 37 heavy (non-hydrogen) atoms. The maximum Gasteiger partial charge on any atom is 0.421 e. The van der Waals surface area contributed by atoms with Gasteiger partial charge in [0.25, 0.3) is 0 Å². The van der Waals surface area contributed by atoms with Crippen LogP contribution in [0.15, 0.2) is 36.4 Å². The number of fused-ring (bicyclic) bond motifs is 1. The van der Waals surface area contributed by atoms with E-state index in [-0.39, 0.29) is 54.6 Å². The summed E-state index contributed by atoms with van der Waals surface area (Å²) < 4.78 is 70.0. The molecule has 1 aromatic heterocycles. The minimum atomic E-state index is -4.69. The molecular weight excluding hydrogens is 498 g/mol. The Morgan fingerprint density at radius 1 is 1.08 bits per heavy atom. The minimum Gasteiger partial charge on any atom is -0.438 e. The number of halogens is 4. The van der Waals surface area contributed by atoms with E-state index in [9.17, 15) is 27.2 Å². The van der Waals surface area contributed by atoms with Gasteiger partial charge in [-0.15, -0.1) is 0 Å². The molecule has 2 atom stereocenters. The first-order chi connectivity index (χ1) is 17.7. The first-order valence-electron chi connectivity index (χ1n) is 11.9. The van der Waals surface area contributed by atoms with Crippen molar-refractivity contribution >= 4 is 11.8 Å². The summed E-state index contributed by atoms with van der Waals surface area (Å²) in [7, 11) is 0. The van der Waals surface area contributed by atoms with Crippen molar-refractivity contribution in [3.8, 4) is 11.6 Å². The third kappa shape index (κ3) is 5.85. The molecule has 0 unspecified atom stereocenters. The number of carbonyl (C=O) groups is 2. The average Bonchev–Trinajstić information content (AvgIpc) is 2.83. The van der Waals surface area contributed by atoms with E-state index in [1.54, 1.807) is 9.80 Å². The molecule has 0 N–H and O–H groups in total. The van der Waals surface area contributed by atoms with Crippen LogP contribution in [0.2, 0.25) is 0 Å². The largest absolute Gasteiger partial charge is 0.438 e. The fourth-order valence-electron chi connectivity index (χ4n) is 4.72. The molecule has 5 rings (SSSR count). The lowest BCUT2D eigenvalue weighted by atomic mass is 9.88. The van der Waals surface area contributed by atoms with Gasteiger partial charge in [0.1, 0.15) is 23.7 Å². The van der Waals surface area contributed by atoms with Crippen LogP contribution in [-0.2, 0) is 27.1 Å². The highest BCUT2D eigenvalue weighted by Crippen LogP contribution is 2.37. The Bertz CT molecular complexity index is 1150. The number of likely N-dealkylation sites (tertiary alicyclic amines) is 2. The molecule has 8 nitrogen and oxygen atoms in total. The molecule has 12 heteroatoms. The van der Waals surface area contributed by atoms with Crippen molar-refractivity contribution in [1.82, 2.24) is 14.8 Å². The third-order valence-electron chi connectivity index (χ3n) is 6.72. The van der Waals surface area contributed by atoms with Crippen LogP contribution in [0.5, 0.6) is 11.6 Å². The summed E-state index contributed by atoms with van der Waals surface area (Å²) in [6.45, 7) is 1.80. The molecule has 0 radical (unpaired) electrons. The van der Waals surface area contributed by atoms with Gasteiger partial charge < -0.3 is 24.0 Å². The van der Waals surface area contributed by atoms with Gasteiger partial charge >= 0.3 is 12.2 Å². The number of aromatic nitrogens is 1. The van der Waals surface area contributed by atoms with Gasteiger partial charge in [0, 0.05) is 25.4 Å². The van der Waals surface area contributed by atoms with E-state index < -0.39 is 23.4 Å². The number of urea groups is 1. The average molecular weight is 523 g/mol. The van der Waals surface area contributed by atoms with Gasteiger partial charge in [0.05, 0.1) is 37.6 Å². The van der Waals surface area contributed by atoms with Crippen LogP contribution in [0.1, 0.15) is 24.1 Å². The first-order valence-corrected chi connectivity index (χ1v) is 11.9. The lowest BCUT2D eigenvalue weighted by molar-refractivity contribution is -0.140. The highest BCUT2D eigenvalue weighted by Gasteiger charge is 2.40. The fourth-order valence-corrected chi connectivity index (χ4v) is 4.72. The Hall–Kier alpha value is -3.25. The van der Waals surface area contributed by atoms with E-state index in [0.717, 1.165) is 18.2 Å². The SMILES string of the molecule is O=C1CO[C@H]2CCN(C(=O)N3CC(OCc4ccc(C(F)(F)F)c(Oc5ccc(F)cc5)n4)C3)C[C@H]2C1. The van der Waals surface area contributed by atoms with Gasteiger partial charge in [-0.25, -0.2) is 14.2 Å². The summed E-state index contributed by atoms with van der Waals surface area (Å²) in [6.07, 6.45) is -3.84. The van der Waals surface area contributed by atoms with Crippen molar-refractivity contribution in [2.24, 2.45) is 5.92 Å². The zero-order valence-electron chi connectivity index (χ0n) is 19.7. The summed E-state index contributed by atoms with van der Waals surface area (Å²) in [5, 5.41) is 0. The molecule has 0 spiro atoms. The lowest BCUT2D eigenvalue weighted by Crippen LogP contribution is -2.61. The van der Waals surface area contributed by atoms with Crippen LogP contribution in [0.3, 0.4) is 0 Å². The lowest BCUT2D eigenvalue weighted by Gasteiger charge is -2.45. The Morgan fingerprint density at radius 3 is 2.57 bits per heavy atom. The molecule has 3 aliphatic rings. The first kappa shape index (κ1) is 25.4. The molecule has 198 valence electrons. The summed E-state index contributed by atoms with van der Waals surface area (Å²) in [4.78, 5) is 31.9. The number of carbonyl (C=O) groups excluding carboxylic acids is 2. The molecule has 2 amide bonds. The topological polar surface area (TPSA) is 81.2 Å². The monoisotopic (exact) mass is 523 g/mol. The number of piperidine rings is 1. The van der Waals surface area contributed by atoms with Crippen molar-refractivity contribution in [3.63, 3.8) is 0 Å². The van der Waals surface area contributed by atoms with Gasteiger partial charge in [-0.3, -0.25) is 4.79 Å². The second kappa shape index (κ2) is 10.3.